The molecule has 0 aliphatic heterocycles. The lowest BCUT2D eigenvalue weighted by atomic mass is 9.89. The Morgan fingerprint density at radius 3 is 2.08 bits per heavy atom. The van der Waals surface area contributed by atoms with E-state index in [-0.39, 0.29) is 0 Å². The van der Waals surface area contributed by atoms with E-state index in [1.807, 2.05) is 0 Å². The zero-order valence-corrected chi connectivity index (χ0v) is 9.86. The van der Waals surface area contributed by atoms with Crippen LogP contribution in [0.4, 0.5) is 0 Å². The minimum atomic E-state index is 0.514. The third-order valence-electron chi connectivity index (χ3n) is 2.17. The third-order valence-corrected chi connectivity index (χ3v) is 2.17. The minimum absolute atomic E-state index is 0.514. The summed E-state index contributed by atoms with van der Waals surface area (Å²) < 4.78 is 5.28. The van der Waals surface area contributed by atoms with Crippen molar-refractivity contribution in [3.05, 3.63) is 0 Å². The van der Waals surface area contributed by atoms with Crippen molar-refractivity contribution in [3.63, 3.8) is 0 Å². The van der Waals surface area contributed by atoms with Gasteiger partial charge in [0.25, 0.3) is 0 Å². The molecular formula is C12H26O. The molecule has 0 saturated heterocycles. The Labute approximate surface area is 83.9 Å². The van der Waals surface area contributed by atoms with E-state index in [2.05, 4.69) is 27.7 Å². The van der Waals surface area contributed by atoms with Gasteiger partial charge >= 0.3 is 0 Å². The molecule has 0 N–H and O–H groups in total. The molecule has 0 aliphatic carbocycles. The molecule has 0 bridgehead atoms. The van der Waals surface area contributed by atoms with Crippen LogP contribution in [0, 0.1) is 5.41 Å². The van der Waals surface area contributed by atoms with Crippen molar-refractivity contribution in [2.45, 2.75) is 59.8 Å². The van der Waals surface area contributed by atoms with Gasteiger partial charge < -0.3 is 4.74 Å². The molecule has 0 aliphatic rings. The fourth-order valence-electron chi connectivity index (χ4n) is 1.36. The molecule has 0 aromatic rings. The Morgan fingerprint density at radius 2 is 1.54 bits per heavy atom. The van der Waals surface area contributed by atoms with Gasteiger partial charge in [-0.15, -0.1) is 0 Å². The van der Waals surface area contributed by atoms with Gasteiger partial charge in [-0.1, -0.05) is 40.0 Å². The molecule has 0 spiro atoms. The van der Waals surface area contributed by atoms with E-state index < -0.39 is 0 Å². The molecule has 0 heterocycles. The fourth-order valence-corrected chi connectivity index (χ4v) is 1.36. The molecule has 0 rings (SSSR count). The summed E-state index contributed by atoms with van der Waals surface area (Å²) in [6.45, 7) is 10.8. The van der Waals surface area contributed by atoms with Gasteiger partial charge in [-0.05, 0) is 25.2 Å². The quantitative estimate of drug-likeness (QED) is 0.546. The summed E-state index contributed by atoms with van der Waals surface area (Å²) in [4.78, 5) is 0. The van der Waals surface area contributed by atoms with Gasteiger partial charge in [0.2, 0.25) is 0 Å². The first-order valence-corrected chi connectivity index (χ1v) is 5.64. The fraction of sp³-hybridized carbons (Fsp3) is 1.00. The molecule has 0 atom stereocenters. The molecule has 80 valence electrons. The van der Waals surface area contributed by atoms with Crippen molar-refractivity contribution >= 4 is 0 Å². The van der Waals surface area contributed by atoms with Gasteiger partial charge in [0.05, 0.1) is 0 Å². The number of hydrogen-bond donors (Lipinski definition) is 0. The second-order valence-corrected chi connectivity index (χ2v) is 4.92. The van der Waals surface area contributed by atoms with Gasteiger partial charge in [0.1, 0.15) is 0 Å². The van der Waals surface area contributed by atoms with Crippen molar-refractivity contribution in [3.8, 4) is 0 Å². The predicted octanol–water partition coefficient (Wildman–Crippen LogP) is 4.02. The van der Waals surface area contributed by atoms with Crippen molar-refractivity contribution in [1.29, 1.82) is 0 Å². The SMILES string of the molecule is CCOCCCCCCC(C)(C)C. The summed E-state index contributed by atoms with van der Waals surface area (Å²) in [5.41, 5.74) is 0.514. The lowest BCUT2D eigenvalue weighted by molar-refractivity contribution is 0.142. The number of unbranched alkanes of at least 4 members (excludes halogenated alkanes) is 3. The highest BCUT2D eigenvalue weighted by Crippen LogP contribution is 2.22. The maximum Gasteiger partial charge on any atom is 0.0465 e. The van der Waals surface area contributed by atoms with E-state index in [0.717, 1.165) is 13.2 Å². The summed E-state index contributed by atoms with van der Waals surface area (Å²) in [5.74, 6) is 0. The third kappa shape index (κ3) is 12.0. The molecule has 13 heavy (non-hydrogen) atoms. The first kappa shape index (κ1) is 13.0. The Bertz CT molecular complexity index is 102. The Morgan fingerprint density at radius 1 is 0.923 bits per heavy atom. The lowest BCUT2D eigenvalue weighted by Crippen LogP contribution is -2.04. The van der Waals surface area contributed by atoms with Gasteiger partial charge in [-0.2, -0.15) is 0 Å². The molecule has 0 fully saturated rings. The summed E-state index contributed by atoms with van der Waals surface area (Å²) in [6, 6.07) is 0. The van der Waals surface area contributed by atoms with E-state index >= 15 is 0 Å². The molecule has 0 amide bonds. The molecule has 1 heteroatoms. The van der Waals surface area contributed by atoms with Gasteiger partial charge in [0.15, 0.2) is 0 Å². The average molecular weight is 186 g/mol. The highest BCUT2D eigenvalue weighted by Gasteiger charge is 2.08. The minimum Gasteiger partial charge on any atom is -0.382 e. The molecule has 0 radical (unpaired) electrons. The average Bonchev–Trinajstić information content (AvgIpc) is 2.01. The standard InChI is InChI=1S/C12H26O/c1-5-13-11-9-7-6-8-10-12(2,3)4/h5-11H2,1-4H3. The van der Waals surface area contributed by atoms with Crippen LogP contribution >= 0.6 is 0 Å². The smallest absolute Gasteiger partial charge is 0.0465 e. The van der Waals surface area contributed by atoms with Gasteiger partial charge in [-0.3, -0.25) is 0 Å². The van der Waals surface area contributed by atoms with Crippen LogP contribution in [-0.4, -0.2) is 13.2 Å². The Kier molecular flexibility index (Phi) is 7.35. The van der Waals surface area contributed by atoms with Crippen molar-refractivity contribution in [2.75, 3.05) is 13.2 Å². The maximum atomic E-state index is 5.28. The molecule has 0 aromatic carbocycles. The zero-order valence-electron chi connectivity index (χ0n) is 9.86. The highest BCUT2D eigenvalue weighted by molar-refractivity contribution is 4.60. The highest BCUT2D eigenvalue weighted by atomic mass is 16.5. The first-order valence-electron chi connectivity index (χ1n) is 5.64. The second kappa shape index (κ2) is 7.37. The van der Waals surface area contributed by atoms with E-state index in [9.17, 15) is 0 Å². The molecule has 0 saturated carbocycles. The molecule has 0 unspecified atom stereocenters. The van der Waals surface area contributed by atoms with E-state index in [1.54, 1.807) is 0 Å². The van der Waals surface area contributed by atoms with Gasteiger partial charge in [-0.25, -0.2) is 0 Å². The number of hydrogen-bond acceptors (Lipinski definition) is 1. The summed E-state index contributed by atoms with van der Waals surface area (Å²) in [5, 5.41) is 0. The molecular weight excluding hydrogens is 160 g/mol. The maximum absolute atomic E-state index is 5.28. The normalized spacial score (nSPS) is 12.0. The number of rotatable bonds is 7. The summed E-state index contributed by atoms with van der Waals surface area (Å²) >= 11 is 0. The Balaban J connectivity index is 3.00. The van der Waals surface area contributed by atoms with Crippen LogP contribution in [0.15, 0.2) is 0 Å². The van der Waals surface area contributed by atoms with E-state index in [1.165, 1.54) is 32.1 Å². The van der Waals surface area contributed by atoms with Crippen molar-refractivity contribution < 1.29 is 4.74 Å². The van der Waals surface area contributed by atoms with Crippen LogP contribution in [0.25, 0.3) is 0 Å². The lowest BCUT2D eigenvalue weighted by Gasteiger charge is -2.17. The topological polar surface area (TPSA) is 9.23 Å². The second-order valence-electron chi connectivity index (χ2n) is 4.92. The van der Waals surface area contributed by atoms with Crippen molar-refractivity contribution in [2.24, 2.45) is 5.41 Å². The van der Waals surface area contributed by atoms with Crippen LogP contribution in [-0.2, 0) is 4.74 Å². The predicted molar refractivity (Wildman–Crippen MR) is 59.0 cm³/mol. The monoisotopic (exact) mass is 186 g/mol. The van der Waals surface area contributed by atoms with Crippen LogP contribution in [0.2, 0.25) is 0 Å². The van der Waals surface area contributed by atoms with Gasteiger partial charge in [0, 0.05) is 13.2 Å². The van der Waals surface area contributed by atoms with Crippen LogP contribution in [0.5, 0.6) is 0 Å². The largest absolute Gasteiger partial charge is 0.382 e. The Hall–Kier alpha value is -0.0400. The number of ether oxygens (including phenoxy) is 1. The van der Waals surface area contributed by atoms with Crippen LogP contribution in [0.3, 0.4) is 0 Å². The van der Waals surface area contributed by atoms with E-state index in [4.69, 9.17) is 4.74 Å². The summed E-state index contributed by atoms with van der Waals surface area (Å²) in [7, 11) is 0. The van der Waals surface area contributed by atoms with Crippen LogP contribution in [0.1, 0.15) is 59.8 Å². The van der Waals surface area contributed by atoms with Crippen molar-refractivity contribution in [1.82, 2.24) is 0 Å². The van der Waals surface area contributed by atoms with E-state index in [0.29, 0.717) is 5.41 Å². The first-order chi connectivity index (χ1) is 6.06. The molecule has 1 nitrogen and oxygen atoms in total. The van der Waals surface area contributed by atoms with Crippen LogP contribution < -0.4 is 0 Å². The molecule has 0 aromatic heterocycles. The zero-order chi connectivity index (χ0) is 10.2. The summed E-state index contributed by atoms with van der Waals surface area (Å²) in [6.07, 6.45) is 6.65.